The number of piperazine rings is 1. The SMILES string of the molecule is I.NC(=NCCC(=O)N1CCCC1)N1CCN(c2ccc(F)cc2)CC1. The Morgan fingerprint density at radius 3 is 2.23 bits per heavy atom. The zero-order valence-corrected chi connectivity index (χ0v) is 17.3. The van der Waals surface area contributed by atoms with Gasteiger partial charge in [0.2, 0.25) is 5.91 Å². The Kier molecular flexibility index (Phi) is 7.92. The number of halogens is 2. The van der Waals surface area contributed by atoms with Crippen LogP contribution in [0, 0.1) is 5.82 Å². The van der Waals surface area contributed by atoms with Gasteiger partial charge in [-0.25, -0.2) is 4.39 Å². The van der Waals surface area contributed by atoms with E-state index in [0.29, 0.717) is 18.9 Å². The van der Waals surface area contributed by atoms with Crippen molar-refractivity contribution >= 4 is 41.5 Å². The van der Waals surface area contributed by atoms with Crippen LogP contribution >= 0.6 is 24.0 Å². The van der Waals surface area contributed by atoms with Gasteiger partial charge in [0.05, 0.1) is 6.54 Å². The number of hydrogen-bond donors (Lipinski definition) is 1. The first-order valence-corrected chi connectivity index (χ1v) is 8.96. The Bertz CT molecular complexity index is 611. The molecule has 0 unspecified atom stereocenters. The van der Waals surface area contributed by atoms with Gasteiger partial charge in [-0.15, -0.1) is 24.0 Å². The molecule has 6 nitrogen and oxygen atoms in total. The van der Waals surface area contributed by atoms with Gasteiger partial charge in [-0.1, -0.05) is 0 Å². The number of nitrogens with zero attached hydrogens (tertiary/aromatic N) is 4. The monoisotopic (exact) mass is 475 g/mol. The summed E-state index contributed by atoms with van der Waals surface area (Å²) in [5.74, 6) is 0.463. The van der Waals surface area contributed by atoms with E-state index in [2.05, 4.69) is 9.89 Å². The number of rotatable bonds is 4. The molecule has 26 heavy (non-hydrogen) atoms. The van der Waals surface area contributed by atoms with Gasteiger partial charge in [0.1, 0.15) is 5.82 Å². The third-order valence-corrected chi connectivity index (χ3v) is 4.85. The van der Waals surface area contributed by atoms with Crippen LogP contribution in [0.15, 0.2) is 29.3 Å². The topological polar surface area (TPSA) is 65.2 Å². The van der Waals surface area contributed by atoms with Crippen LogP contribution in [0.4, 0.5) is 10.1 Å². The van der Waals surface area contributed by atoms with Crippen molar-refractivity contribution < 1.29 is 9.18 Å². The summed E-state index contributed by atoms with van der Waals surface area (Å²) in [6, 6.07) is 6.56. The van der Waals surface area contributed by atoms with E-state index < -0.39 is 0 Å². The van der Waals surface area contributed by atoms with Gasteiger partial charge >= 0.3 is 0 Å². The van der Waals surface area contributed by atoms with Crippen LogP contribution in [0.1, 0.15) is 19.3 Å². The van der Waals surface area contributed by atoms with E-state index in [1.807, 2.05) is 9.80 Å². The van der Waals surface area contributed by atoms with E-state index in [1.165, 1.54) is 12.1 Å². The fourth-order valence-corrected chi connectivity index (χ4v) is 3.34. The lowest BCUT2D eigenvalue weighted by molar-refractivity contribution is -0.129. The van der Waals surface area contributed by atoms with Crippen LogP contribution in [-0.4, -0.2) is 67.5 Å². The molecule has 2 saturated heterocycles. The second-order valence-corrected chi connectivity index (χ2v) is 6.53. The minimum Gasteiger partial charge on any atom is -0.370 e. The van der Waals surface area contributed by atoms with Crippen molar-refractivity contribution in [2.75, 3.05) is 50.7 Å². The van der Waals surface area contributed by atoms with Gasteiger partial charge in [-0.3, -0.25) is 9.79 Å². The average Bonchev–Trinajstić information content (AvgIpc) is 3.17. The first-order chi connectivity index (χ1) is 12.1. The maximum atomic E-state index is 13.0. The summed E-state index contributed by atoms with van der Waals surface area (Å²) in [4.78, 5) is 22.5. The number of carbonyl (C=O) groups excluding carboxylic acids is 1. The van der Waals surface area contributed by atoms with Gasteiger partial charge in [0.25, 0.3) is 0 Å². The number of likely N-dealkylation sites (tertiary alicyclic amines) is 1. The fraction of sp³-hybridized carbons (Fsp3) is 0.556. The molecule has 2 aliphatic heterocycles. The lowest BCUT2D eigenvalue weighted by atomic mass is 10.2. The highest BCUT2D eigenvalue weighted by Crippen LogP contribution is 2.16. The maximum absolute atomic E-state index is 13.0. The van der Waals surface area contributed by atoms with Gasteiger partial charge in [-0.2, -0.15) is 0 Å². The van der Waals surface area contributed by atoms with Crippen LogP contribution in [0.3, 0.4) is 0 Å². The number of anilines is 1. The van der Waals surface area contributed by atoms with Crippen molar-refractivity contribution in [1.82, 2.24) is 9.80 Å². The second kappa shape index (κ2) is 9.94. The summed E-state index contributed by atoms with van der Waals surface area (Å²) in [5, 5.41) is 0. The van der Waals surface area contributed by atoms with Crippen LogP contribution < -0.4 is 10.6 Å². The molecule has 2 fully saturated rings. The Hall–Kier alpha value is -1.58. The van der Waals surface area contributed by atoms with Crippen LogP contribution in [0.2, 0.25) is 0 Å². The zero-order valence-electron chi connectivity index (χ0n) is 14.9. The third kappa shape index (κ3) is 5.46. The molecule has 2 aliphatic rings. The quantitative estimate of drug-likeness (QED) is 0.411. The minimum atomic E-state index is -0.220. The van der Waals surface area contributed by atoms with Crippen molar-refractivity contribution in [3.8, 4) is 0 Å². The largest absolute Gasteiger partial charge is 0.370 e. The van der Waals surface area contributed by atoms with Gasteiger partial charge in [-0.05, 0) is 37.1 Å². The van der Waals surface area contributed by atoms with E-state index >= 15 is 0 Å². The number of benzene rings is 1. The lowest BCUT2D eigenvalue weighted by Crippen LogP contribution is -2.51. The highest BCUT2D eigenvalue weighted by molar-refractivity contribution is 14.0. The molecule has 1 amide bonds. The van der Waals surface area contributed by atoms with Gasteiger partial charge in [0.15, 0.2) is 5.96 Å². The molecule has 3 rings (SSSR count). The molecule has 1 aromatic rings. The van der Waals surface area contributed by atoms with Gasteiger partial charge in [0, 0.05) is 51.4 Å². The summed E-state index contributed by atoms with van der Waals surface area (Å²) >= 11 is 0. The summed E-state index contributed by atoms with van der Waals surface area (Å²) in [6.07, 6.45) is 2.64. The fourth-order valence-electron chi connectivity index (χ4n) is 3.34. The molecule has 0 bridgehead atoms. The number of aliphatic imine (C=N–C) groups is 1. The lowest BCUT2D eigenvalue weighted by Gasteiger charge is -2.36. The Morgan fingerprint density at radius 2 is 1.62 bits per heavy atom. The van der Waals surface area contributed by atoms with E-state index in [-0.39, 0.29) is 35.7 Å². The molecule has 0 aromatic heterocycles. The van der Waals surface area contributed by atoms with Crippen LogP contribution in [-0.2, 0) is 4.79 Å². The Balaban J connectivity index is 0.00000243. The molecule has 8 heteroatoms. The molecule has 144 valence electrons. The van der Waals surface area contributed by atoms with Crippen molar-refractivity contribution in [2.45, 2.75) is 19.3 Å². The molecule has 2 N–H and O–H groups in total. The standard InChI is InChI=1S/C18H26FN5O.HI/c19-15-3-5-16(6-4-15)22-11-13-24(14-12-22)18(20)21-8-7-17(25)23-9-1-2-10-23;/h3-6H,1-2,7-14H2,(H2,20,21);1H. The third-order valence-electron chi connectivity index (χ3n) is 4.85. The van der Waals surface area contributed by atoms with Crippen molar-refractivity contribution in [2.24, 2.45) is 10.7 Å². The van der Waals surface area contributed by atoms with Crippen molar-refractivity contribution in [3.63, 3.8) is 0 Å². The molecule has 0 spiro atoms. The molecule has 1 aromatic carbocycles. The number of guanidine groups is 1. The Labute approximate surface area is 171 Å². The van der Waals surface area contributed by atoms with Crippen LogP contribution in [0.25, 0.3) is 0 Å². The first-order valence-electron chi connectivity index (χ1n) is 8.96. The smallest absolute Gasteiger partial charge is 0.224 e. The predicted octanol–water partition coefficient (Wildman–Crippen LogP) is 1.89. The molecule has 0 saturated carbocycles. The predicted molar refractivity (Wildman–Crippen MR) is 113 cm³/mol. The number of amides is 1. The minimum absolute atomic E-state index is 0. The van der Waals surface area contributed by atoms with E-state index in [4.69, 9.17) is 5.73 Å². The molecular formula is C18H27FIN5O. The molecule has 0 radical (unpaired) electrons. The van der Waals surface area contributed by atoms with Crippen molar-refractivity contribution in [3.05, 3.63) is 30.1 Å². The molecular weight excluding hydrogens is 448 g/mol. The summed E-state index contributed by atoms with van der Waals surface area (Å²) in [6.45, 7) is 5.37. The maximum Gasteiger partial charge on any atom is 0.224 e. The summed E-state index contributed by atoms with van der Waals surface area (Å²) in [7, 11) is 0. The normalized spacial score (nSPS) is 18.0. The van der Waals surface area contributed by atoms with Gasteiger partial charge < -0.3 is 20.4 Å². The summed E-state index contributed by atoms with van der Waals surface area (Å²) in [5.41, 5.74) is 7.10. The van der Waals surface area contributed by atoms with E-state index in [0.717, 1.165) is 57.8 Å². The molecule has 2 heterocycles. The van der Waals surface area contributed by atoms with E-state index in [1.54, 1.807) is 12.1 Å². The van der Waals surface area contributed by atoms with E-state index in [9.17, 15) is 9.18 Å². The molecule has 0 aliphatic carbocycles. The summed E-state index contributed by atoms with van der Waals surface area (Å²) < 4.78 is 13.0. The average molecular weight is 475 g/mol. The first kappa shape index (κ1) is 20.7. The highest BCUT2D eigenvalue weighted by atomic mass is 127. The number of nitrogens with two attached hydrogens (primary N) is 1. The zero-order chi connectivity index (χ0) is 17.6. The van der Waals surface area contributed by atoms with Crippen molar-refractivity contribution in [1.29, 1.82) is 0 Å². The number of carbonyl (C=O) groups is 1. The van der Waals surface area contributed by atoms with Crippen LogP contribution in [0.5, 0.6) is 0 Å². The highest BCUT2D eigenvalue weighted by Gasteiger charge is 2.19. The molecule has 0 atom stereocenters. The second-order valence-electron chi connectivity index (χ2n) is 6.53. The number of hydrogen-bond acceptors (Lipinski definition) is 3. The Morgan fingerprint density at radius 1 is 1.00 bits per heavy atom.